The fourth-order valence-electron chi connectivity index (χ4n) is 12.3. The van der Waals surface area contributed by atoms with Crippen LogP contribution in [0.15, 0.2) is 72.3 Å². The number of aliphatic hydroxyl groups excluding tert-OH is 1. The van der Waals surface area contributed by atoms with E-state index in [4.69, 9.17) is 18.9 Å². The molecule has 2 N–H and O–H groups in total. The molecule has 1 aromatic heterocycles. The number of amides is 1. The van der Waals surface area contributed by atoms with Gasteiger partial charge in [-0.15, -0.1) is 11.3 Å². The van der Waals surface area contributed by atoms with Crippen LogP contribution < -0.4 is 18.9 Å². The van der Waals surface area contributed by atoms with E-state index in [9.17, 15) is 19.8 Å². The molecule has 9 nitrogen and oxygen atoms in total. The number of thiophene rings is 1. The second-order valence-electron chi connectivity index (χ2n) is 17.8. The Morgan fingerprint density at radius 1 is 0.825 bits per heavy atom. The van der Waals surface area contributed by atoms with Crippen LogP contribution in [0.5, 0.6) is 23.0 Å². The van der Waals surface area contributed by atoms with Crippen molar-refractivity contribution in [3.8, 4) is 23.0 Å². The molecule has 8 atom stereocenters. The summed E-state index contributed by atoms with van der Waals surface area (Å²) in [5.74, 6) is 2.45. The summed E-state index contributed by atoms with van der Waals surface area (Å²) in [6.07, 6.45) is 11.7. The van der Waals surface area contributed by atoms with Crippen LogP contribution in [0.3, 0.4) is 0 Å². The van der Waals surface area contributed by atoms with Crippen LogP contribution in [-0.2, 0) is 17.8 Å². The lowest BCUT2D eigenvalue weighted by atomic mass is 9.32. The van der Waals surface area contributed by atoms with Crippen molar-refractivity contribution in [3.05, 3.63) is 93.2 Å². The van der Waals surface area contributed by atoms with Crippen molar-refractivity contribution in [2.75, 3.05) is 35.0 Å². The fraction of sp³-hybridized carbons (Fsp3) is 0.532. The summed E-state index contributed by atoms with van der Waals surface area (Å²) in [6.45, 7) is 6.99. The van der Waals surface area contributed by atoms with E-state index < -0.39 is 27.9 Å². The van der Waals surface area contributed by atoms with Gasteiger partial charge in [0.2, 0.25) is 5.91 Å². The number of aryl methyl sites for hydroxylation is 1. The van der Waals surface area contributed by atoms with Crippen molar-refractivity contribution in [2.45, 2.75) is 90.4 Å². The summed E-state index contributed by atoms with van der Waals surface area (Å²) in [4.78, 5) is 33.2. The number of hydrogen-bond acceptors (Lipinski definition) is 9. The number of carbonyl (C=O) groups is 2. The summed E-state index contributed by atoms with van der Waals surface area (Å²) < 4.78 is 22.3. The highest BCUT2D eigenvalue weighted by Gasteiger charge is 2.74. The molecule has 304 valence electrons. The molecular weight excluding hydrogens is 739 g/mol. The second kappa shape index (κ2) is 14.3. The van der Waals surface area contributed by atoms with Gasteiger partial charge >= 0.3 is 0 Å². The third-order valence-electron chi connectivity index (χ3n) is 15.4. The molecule has 0 saturated heterocycles. The Balaban J connectivity index is 1.19. The van der Waals surface area contributed by atoms with Gasteiger partial charge in [-0.25, -0.2) is 0 Å². The fourth-order valence-corrected chi connectivity index (χ4v) is 13.1. The van der Waals surface area contributed by atoms with Crippen molar-refractivity contribution in [3.63, 3.8) is 0 Å². The van der Waals surface area contributed by atoms with E-state index in [0.717, 1.165) is 58.6 Å². The average Bonchev–Trinajstić information content (AvgIpc) is 3.76. The maximum absolute atomic E-state index is 14.9. The van der Waals surface area contributed by atoms with Gasteiger partial charge in [0.15, 0.2) is 17.3 Å². The van der Waals surface area contributed by atoms with Gasteiger partial charge < -0.3 is 34.1 Å². The van der Waals surface area contributed by atoms with Gasteiger partial charge in [0.1, 0.15) is 11.5 Å². The number of rotatable bonds is 12. The maximum atomic E-state index is 14.9. The number of Topliss-reactive ketones (excluding diaryl/α,β-unsaturated/α-hetero) is 1. The lowest BCUT2D eigenvalue weighted by Gasteiger charge is -2.71. The zero-order valence-corrected chi connectivity index (χ0v) is 35.2. The Bertz CT molecular complexity index is 2140. The van der Waals surface area contributed by atoms with Crippen LogP contribution in [0.4, 0.5) is 0 Å². The number of nitrogens with zero attached hydrogens (tertiary/aromatic N) is 1. The van der Waals surface area contributed by atoms with Gasteiger partial charge in [-0.3, -0.25) is 9.59 Å². The van der Waals surface area contributed by atoms with Crippen LogP contribution >= 0.6 is 11.3 Å². The highest BCUT2D eigenvalue weighted by Crippen LogP contribution is 2.78. The van der Waals surface area contributed by atoms with Crippen LogP contribution in [0, 0.1) is 40.4 Å². The number of ether oxygens (including phenoxy) is 4. The number of methoxy groups -OCH3 is 4. The lowest BCUT2D eigenvalue weighted by Crippen LogP contribution is -2.67. The molecule has 1 amide bonds. The quantitative estimate of drug-likeness (QED) is 0.140. The zero-order valence-electron chi connectivity index (χ0n) is 34.4. The summed E-state index contributed by atoms with van der Waals surface area (Å²) in [7, 11) is 6.38. The van der Waals surface area contributed by atoms with Crippen molar-refractivity contribution in [2.24, 2.45) is 33.5 Å². The molecule has 1 heterocycles. The number of hydrogen-bond donors (Lipinski definition) is 2. The molecule has 2 aromatic carbocycles. The Morgan fingerprint density at radius 2 is 1.54 bits per heavy atom. The summed E-state index contributed by atoms with van der Waals surface area (Å²) in [5.41, 5.74) is -0.572. The lowest BCUT2D eigenvalue weighted by molar-refractivity contribution is -0.178. The second-order valence-corrected chi connectivity index (χ2v) is 19.1. The van der Waals surface area contributed by atoms with Crippen LogP contribution in [0.1, 0.15) is 84.5 Å². The normalized spacial score (nSPS) is 33.4. The van der Waals surface area contributed by atoms with E-state index >= 15 is 0 Å². The first kappa shape index (κ1) is 39.7. The van der Waals surface area contributed by atoms with Gasteiger partial charge in [-0.05, 0) is 111 Å². The van der Waals surface area contributed by atoms with Crippen LogP contribution in [0.25, 0.3) is 0 Å². The first-order valence-electron chi connectivity index (χ1n) is 20.3. The third kappa shape index (κ3) is 5.98. The SMILES string of the molecule is COc1ccc(CN(C[C@]2(O)CC[C@H]3[C@]45C=C[C@@]6(C=C4C(=O)c4ccc(C)s4)CC(O)CC[C@]6(C)[C@H]5CC[C@@]32C)C(=O)Cc2ccc(OC)c(OC)c2)c(OC)c1. The number of fused-ring (bicyclic) bond motifs is 1. The smallest absolute Gasteiger partial charge is 0.227 e. The highest BCUT2D eigenvalue weighted by atomic mass is 32.1. The number of ketones is 1. The van der Waals surface area contributed by atoms with Crippen molar-refractivity contribution in [1.82, 2.24) is 4.90 Å². The van der Waals surface area contributed by atoms with E-state index in [-0.39, 0.29) is 48.5 Å². The Kier molecular flexibility index (Phi) is 9.97. The van der Waals surface area contributed by atoms with E-state index in [1.165, 1.54) is 11.3 Å². The summed E-state index contributed by atoms with van der Waals surface area (Å²) in [5, 5.41) is 24.4. The van der Waals surface area contributed by atoms with Crippen LogP contribution in [-0.4, -0.2) is 73.5 Å². The average molecular weight is 796 g/mol. The van der Waals surface area contributed by atoms with Gasteiger partial charge in [0.25, 0.3) is 0 Å². The van der Waals surface area contributed by atoms with Gasteiger partial charge in [0.05, 0.1) is 58.0 Å². The van der Waals surface area contributed by atoms with Crippen LogP contribution in [0.2, 0.25) is 0 Å². The monoisotopic (exact) mass is 795 g/mol. The molecule has 9 rings (SSSR count). The summed E-state index contributed by atoms with van der Waals surface area (Å²) >= 11 is 1.54. The highest BCUT2D eigenvalue weighted by molar-refractivity contribution is 7.14. The zero-order chi connectivity index (χ0) is 40.5. The van der Waals surface area contributed by atoms with E-state index in [0.29, 0.717) is 35.8 Å². The molecule has 2 spiro atoms. The van der Waals surface area contributed by atoms with E-state index in [2.05, 4.69) is 32.1 Å². The molecule has 3 saturated carbocycles. The maximum Gasteiger partial charge on any atom is 0.227 e. The van der Waals surface area contributed by atoms with Crippen molar-refractivity contribution < 1.29 is 38.7 Å². The number of carbonyl (C=O) groups excluding carboxylic acids is 2. The van der Waals surface area contributed by atoms with Gasteiger partial charge in [0, 0.05) is 44.9 Å². The standard InChI is InChI=1S/C47H57NO8S/c1-29-8-13-38(57-29)42(51)34-26-45-20-21-47(34)39(43(45,2)17-14-32(49)25-45)15-18-44(3)40(47)16-19-46(44,52)28-48(27-31-10-11-33(53-4)24-36(31)55-6)41(50)23-30-9-12-35(54-5)37(22-30)56-7/h8-13,20-22,24,26,32,39-40,49,52H,14-19,23,25,27-28H2,1-7H3/t32?,39-,40-,43-,44+,45+,46-,47-/m1/s1. The molecule has 2 bridgehead atoms. The molecule has 10 heteroatoms. The largest absolute Gasteiger partial charge is 0.497 e. The third-order valence-corrected chi connectivity index (χ3v) is 16.4. The Labute approximate surface area is 340 Å². The molecule has 3 aromatic rings. The van der Waals surface area contributed by atoms with Gasteiger partial charge in [-0.2, -0.15) is 0 Å². The molecule has 6 aliphatic rings. The topological polar surface area (TPSA) is 115 Å². The van der Waals surface area contributed by atoms with E-state index in [1.807, 2.05) is 49.4 Å². The predicted molar refractivity (Wildman–Crippen MR) is 220 cm³/mol. The van der Waals surface area contributed by atoms with Gasteiger partial charge in [-0.1, -0.05) is 38.1 Å². The number of allylic oxidation sites excluding steroid dienone is 4. The minimum Gasteiger partial charge on any atom is -0.497 e. The Hall–Kier alpha value is -4.12. The molecule has 0 aliphatic heterocycles. The molecular formula is C47H57NO8S. The minimum absolute atomic E-state index is 0.0402. The van der Waals surface area contributed by atoms with Crippen molar-refractivity contribution >= 4 is 23.0 Å². The first-order chi connectivity index (χ1) is 27.2. The minimum atomic E-state index is -1.25. The molecule has 0 radical (unpaired) electrons. The predicted octanol–water partition coefficient (Wildman–Crippen LogP) is 8.14. The molecule has 57 heavy (non-hydrogen) atoms. The van der Waals surface area contributed by atoms with Crippen molar-refractivity contribution in [1.29, 1.82) is 0 Å². The first-order valence-corrected chi connectivity index (χ1v) is 21.2. The summed E-state index contributed by atoms with van der Waals surface area (Å²) in [6, 6.07) is 15.1. The molecule has 6 aliphatic carbocycles. The Morgan fingerprint density at radius 3 is 2.25 bits per heavy atom. The number of aliphatic hydroxyl groups is 2. The molecule has 1 unspecified atom stereocenters. The number of benzene rings is 2. The molecule has 3 fully saturated rings. The van der Waals surface area contributed by atoms with E-state index in [1.54, 1.807) is 39.4 Å².